The second kappa shape index (κ2) is 6.60. The molecule has 4 nitrogen and oxygen atoms in total. The van der Waals surface area contributed by atoms with E-state index in [-0.39, 0.29) is 11.4 Å². The third kappa shape index (κ3) is 4.88. The number of pyridine rings is 1. The zero-order valence-corrected chi connectivity index (χ0v) is 13.6. The molecule has 2 rings (SSSR count). The number of carbonyl (C=O) groups excluding carboxylic acids is 1. The average Bonchev–Trinajstić information content (AvgIpc) is 2.45. The van der Waals surface area contributed by atoms with E-state index >= 15 is 0 Å². The molecule has 0 fully saturated rings. The zero-order chi connectivity index (χ0) is 16.2. The summed E-state index contributed by atoms with van der Waals surface area (Å²) in [5.41, 5.74) is 3.62. The Morgan fingerprint density at radius 1 is 1.14 bits per heavy atom. The van der Waals surface area contributed by atoms with Crippen molar-refractivity contribution in [2.45, 2.75) is 39.8 Å². The van der Waals surface area contributed by atoms with Crippen LogP contribution in [0, 0.1) is 6.92 Å². The van der Waals surface area contributed by atoms with Gasteiger partial charge < -0.3 is 10.6 Å². The zero-order valence-electron chi connectivity index (χ0n) is 13.6. The van der Waals surface area contributed by atoms with Gasteiger partial charge in [0.15, 0.2) is 0 Å². The largest absolute Gasteiger partial charge is 0.379 e. The molecule has 0 bridgehead atoms. The Hall–Kier alpha value is -2.36. The first-order valence-electron chi connectivity index (χ1n) is 7.40. The molecule has 0 spiro atoms. The lowest BCUT2D eigenvalue weighted by atomic mass is 10.1. The highest BCUT2D eigenvalue weighted by Crippen LogP contribution is 2.15. The summed E-state index contributed by atoms with van der Waals surface area (Å²) < 4.78 is 0. The fourth-order valence-electron chi connectivity index (χ4n) is 2.06. The van der Waals surface area contributed by atoms with E-state index in [2.05, 4.69) is 36.4 Å². The Morgan fingerprint density at radius 2 is 1.82 bits per heavy atom. The number of amides is 1. The van der Waals surface area contributed by atoms with Crippen molar-refractivity contribution < 1.29 is 4.79 Å². The second-order valence-electron chi connectivity index (χ2n) is 6.51. The van der Waals surface area contributed by atoms with Crippen LogP contribution in [-0.2, 0) is 6.54 Å². The first-order valence-corrected chi connectivity index (χ1v) is 7.40. The van der Waals surface area contributed by atoms with Gasteiger partial charge in [0.2, 0.25) is 0 Å². The van der Waals surface area contributed by atoms with Gasteiger partial charge >= 0.3 is 0 Å². The monoisotopic (exact) mass is 297 g/mol. The summed E-state index contributed by atoms with van der Waals surface area (Å²) in [6.07, 6.45) is 3.31. The molecule has 0 atom stereocenters. The molecule has 0 aliphatic carbocycles. The van der Waals surface area contributed by atoms with Gasteiger partial charge in [0.25, 0.3) is 5.91 Å². The minimum Gasteiger partial charge on any atom is -0.379 e. The van der Waals surface area contributed by atoms with Gasteiger partial charge in [-0.05, 0) is 39.3 Å². The second-order valence-corrected chi connectivity index (χ2v) is 6.51. The highest BCUT2D eigenvalue weighted by atomic mass is 16.1. The highest BCUT2D eigenvalue weighted by Gasteiger charge is 2.12. The molecule has 1 aromatic heterocycles. The summed E-state index contributed by atoms with van der Waals surface area (Å²) in [6.45, 7) is 8.75. The predicted octanol–water partition coefficient (Wildman–Crippen LogP) is 3.53. The van der Waals surface area contributed by atoms with Crippen LogP contribution in [0.25, 0.3) is 0 Å². The number of benzene rings is 1. The highest BCUT2D eigenvalue weighted by molar-refractivity contribution is 5.94. The number of hydrogen-bond acceptors (Lipinski definition) is 3. The number of carbonyl (C=O) groups is 1. The topological polar surface area (TPSA) is 54.0 Å². The molecule has 1 aromatic carbocycles. The molecule has 2 aromatic rings. The molecular formula is C18H23N3O. The molecule has 0 radical (unpaired) electrons. The molecule has 4 heteroatoms. The van der Waals surface area contributed by atoms with Gasteiger partial charge in [-0.15, -0.1) is 0 Å². The Balaban J connectivity index is 2.00. The van der Waals surface area contributed by atoms with Crippen LogP contribution in [0.3, 0.4) is 0 Å². The molecule has 0 saturated heterocycles. The molecule has 116 valence electrons. The number of aryl methyl sites for hydroxylation is 1. The minimum atomic E-state index is -0.120. The Kier molecular flexibility index (Phi) is 4.81. The van der Waals surface area contributed by atoms with Gasteiger partial charge in [-0.1, -0.05) is 29.8 Å². The maximum atomic E-state index is 12.2. The Morgan fingerprint density at radius 3 is 2.45 bits per heavy atom. The standard InChI is InChI=1S/C18H23N3O/c1-13-5-7-14(8-6-13)10-20-17(22)15-9-16(12-19-11-15)21-18(2,3)4/h5-9,11-12,21H,10H2,1-4H3,(H,20,22). The van der Waals surface area contributed by atoms with Crippen molar-refractivity contribution in [3.05, 3.63) is 59.4 Å². The van der Waals surface area contributed by atoms with Crippen molar-refractivity contribution in [1.82, 2.24) is 10.3 Å². The van der Waals surface area contributed by atoms with Gasteiger partial charge in [-0.25, -0.2) is 0 Å². The number of nitrogens with zero attached hydrogens (tertiary/aromatic N) is 1. The first-order chi connectivity index (χ1) is 10.3. The van der Waals surface area contributed by atoms with Gasteiger partial charge in [-0.3, -0.25) is 9.78 Å². The van der Waals surface area contributed by atoms with Crippen molar-refractivity contribution in [3.63, 3.8) is 0 Å². The predicted molar refractivity (Wildman–Crippen MR) is 90.0 cm³/mol. The maximum absolute atomic E-state index is 12.2. The molecule has 0 aliphatic rings. The number of hydrogen-bond donors (Lipinski definition) is 2. The Bertz CT molecular complexity index is 642. The summed E-state index contributed by atoms with van der Waals surface area (Å²) in [4.78, 5) is 16.4. The van der Waals surface area contributed by atoms with Crippen molar-refractivity contribution in [2.75, 3.05) is 5.32 Å². The van der Waals surface area contributed by atoms with E-state index in [0.717, 1.165) is 11.3 Å². The summed E-state index contributed by atoms with van der Waals surface area (Å²) in [5.74, 6) is -0.120. The number of rotatable bonds is 4. The number of aromatic nitrogens is 1. The molecule has 0 saturated carbocycles. The maximum Gasteiger partial charge on any atom is 0.253 e. The molecule has 1 amide bonds. The summed E-state index contributed by atoms with van der Waals surface area (Å²) in [5, 5.41) is 6.23. The first kappa shape index (κ1) is 16.0. The van der Waals surface area contributed by atoms with Crippen LogP contribution in [0.4, 0.5) is 5.69 Å². The van der Waals surface area contributed by atoms with Crippen LogP contribution in [-0.4, -0.2) is 16.4 Å². The normalized spacial score (nSPS) is 11.1. The van der Waals surface area contributed by atoms with Crippen LogP contribution in [0.2, 0.25) is 0 Å². The quantitative estimate of drug-likeness (QED) is 0.907. The molecule has 1 heterocycles. The van der Waals surface area contributed by atoms with Crippen LogP contribution in [0.5, 0.6) is 0 Å². The molecular weight excluding hydrogens is 274 g/mol. The van der Waals surface area contributed by atoms with E-state index in [9.17, 15) is 4.79 Å². The summed E-state index contributed by atoms with van der Waals surface area (Å²) in [7, 11) is 0. The van der Waals surface area contributed by atoms with Crippen LogP contribution >= 0.6 is 0 Å². The van der Waals surface area contributed by atoms with E-state index in [4.69, 9.17) is 0 Å². The smallest absolute Gasteiger partial charge is 0.253 e. The van der Waals surface area contributed by atoms with Crippen molar-refractivity contribution in [3.8, 4) is 0 Å². The fraction of sp³-hybridized carbons (Fsp3) is 0.333. The van der Waals surface area contributed by atoms with Crippen molar-refractivity contribution in [2.24, 2.45) is 0 Å². The molecule has 22 heavy (non-hydrogen) atoms. The fourth-order valence-corrected chi connectivity index (χ4v) is 2.06. The van der Waals surface area contributed by atoms with E-state index in [1.165, 1.54) is 5.56 Å². The summed E-state index contributed by atoms with van der Waals surface area (Å²) in [6, 6.07) is 9.94. The van der Waals surface area contributed by atoms with Crippen LogP contribution < -0.4 is 10.6 Å². The molecule has 2 N–H and O–H groups in total. The summed E-state index contributed by atoms with van der Waals surface area (Å²) >= 11 is 0. The van der Waals surface area contributed by atoms with Crippen LogP contribution in [0.15, 0.2) is 42.7 Å². The Labute approximate surface area is 132 Å². The van der Waals surface area contributed by atoms with Gasteiger partial charge in [0, 0.05) is 24.5 Å². The van der Waals surface area contributed by atoms with Gasteiger partial charge in [0.05, 0.1) is 11.3 Å². The third-order valence-electron chi connectivity index (χ3n) is 3.09. The van der Waals surface area contributed by atoms with E-state index in [1.807, 2.05) is 37.3 Å². The third-order valence-corrected chi connectivity index (χ3v) is 3.09. The number of nitrogens with one attached hydrogen (secondary N) is 2. The lowest BCUT2D eigenvalue weighted by Crippen LogP contribution is -2.27. The van der Waals surface area contributed by atoms with Gasteiger partial charge in [0.1, 0.15) is 0 Å². The number of anilines is 1. The lowest BCUT2D eigenvalue weighted by Gasteiger charge is -2.22. The average molecular weight is 297 g/mol. The van der Waals surface area contributed by atoms with E-state index < -0.39 is 0 Å². The molecule has 0 aliphatic heterocycles. The lowest BCUT2D eigenvalue weighted by molar-refractivity contribution is 0.0950. The molecule has 0 unspecified atom stereocenters. The van der Waals surface area contributed by atoms with Crippen molar-refractivity contribution in [1.29, 1.82) is 0 Å². The van der Waals surface area contributed by atoms with Crippen LogP contribution in [0.1, 0.15) is 42.3 Å². The van der Waals surface area contributed by atoms with Crippen molar-refractivity contribution >= 4 is 11.6 Å². The minimum absolute atomic E-state index is 0.0708. The van der Waals surface area contributed by atoms with E-state index in [1.54, 1.807) is 12.4 Å². The SMILES string of the molecule is Cc1ccc(CNC(=O)c2cncc(NC(C)(C)C)c2)cc1. The van der Waals surface area contributed by atoms with Gasteiger partial charge in [-0.2, -0.15) is 0 Å². The van der Waals surface area contributed by atoms with E-state index in [0.29, 0.717) is 12.1 Å².